The average molecular weight is 238 g/mol. The summed E-state index contributed by atoms with van der Waals surface area (Å²) < 4.78 is 0. The minimum absolute atomic E-state index is 0.191. The number of carbonyl (C=O) groups excluding carboxylic acids is 1. The van der Waals surface area contributed by atoms with Crippen molar-refractivity contribution in [2.24, 2.45) is 0 Å². The van der Waals surface area contributed by atoms with Crippen LogP contribution in [0.25, 0.3) is 0 Å². The van der Waals surface area contributed by atoms with Crippen molar-refractivity contribution in [3.8, 4) is 0 Å². The Morgan fingerprint density at radius 2 is 1.56 bits per heavy atom. The average Bonchev–Trinajstić information content (AvgIpc) is 2.34. The number of hydrogen-bond acceptors (Lipinski definition) is 1. The van der Waals surface area contributed by atoms with Crippen LogP contribution >= 0.6 is 0 Å². The van der Waals surface area contributed by atoms with Gasteiger partial charge in [-0.25, -0.2) is 0 Å². The number of hydrogen-bond donors (Lipinski definition) is 0. The monoisotopic (exact) mass is 238 g/mol. The molecule has 0 fully saturated rings. The van der Waals surface area contributed by atoms with Crippen LogP contribution in [-0.4, -0.2) is 5.78 Å². The molecule has 0 aliphatic rings. The number of Topliss-reactive ketones (excluding diaryl/α,β-unsaturated/α-hetero) is 1. The van der Waals surface area contributed by atoms with Gasteiger partial charge in [0.2, 0.25) is 0 Å². The van der Waals surface area contributed by atoms with Crippen molar-refractivity contribution in [1.29, 1.82) is 0 Å². The summed E-state index contributed by atoms with van der Waals surface area (Å²) in [6, 6.07) is 13.9. The van der Waals surface area contributed by atoms with E-state index in [2.05, 4.69) is 26.0 Å². The lowest BCUT2D eigenvalue weighted by molar-refractivity contribution is 0.0992. The van der Waals surface area contributed by atoms with E-state index in [1.807, 2.05) is 37.3 Å². The third-order valence-electron chi connectivity index (χ3n) is 3.32. The Labute approximate surface area is 108 Å². The summed E-state index contributed by atoms with van der Waals surface area (Å²) in [5.41, 5.74) is 5.47. The van der Waals surface area contributed by atoms with Gasteiger partial charge in [0, 0.05) is 12.0 Å². The van der Waals surface area contributed by atoms with E-state index in [4.69, 9.17) is 0 Å². The molecule has 18 heavy (non-hydrogen) atoms. The van der Waals surface area contributed by atoms with Crippen LogP contribution in [0, 0.1) is 20.8 Å². The van der Waals surface area contributed by atoms with Gasteiger partial charge < -0.3 is 0 Å². The predicted molar refractivity (Wildman–Crippen MR) is 75.1 cm³/mol. The molecule has 0 bridgehead atoms. The quantitative estimate of drug-likeness (QED) is 0.738. The molecule has 0 aliphatic heterocycles. The van der Waals surface area contributed by atoms with Gasteiger partial charge in [-0.15, -0.1) is 0 Å². The van der Waals surface area contributed by atoms with Gasteiger partial charge in [-0.05, 0) is 43.5 Å². The van der Waals surface area contributed by atoms with Crippen LogP contribution in [0.5, 0.6) is 0 Å². The zero-order valence-corrected chi connectivity index (χ0v) is 11.2. The highest BCUT2D eigenvalue weighted by Gasteiger charge is 2.10. The molecule has 0 saturated carbocycles. The van der Waals surface area contributed by atoms with Crippen molar-refractivity contribution < 1.29 is 4.79 Å². The zero-order chi connectivity index (χ0) is 13.1. The standard InChI is InChI=1S/C17H18O/c1-12-6-4-9-15(10-12)17(18)11-16-13(2)7-5-8-14(16)3/h4-10H,11H2,1-3H3. The van der Waals surface area contributed by atoms with Crippen LogP contribution in [0.15, 0.2) is 42.5 Å². The minimum atomic E-state index is 0.191. The molecule has 0 N–H and O–H groups in total. The molecule has 2 rings (SSSR count). The Morgan fingerprint density at radius 3 is 2.17 bits per heavy atom. The van der Waals surface area contributed by atoms with Crippen molar-refractivity contribution in [2.75, 3.05) is 0 Å². The summed E-state index contributed by atoms with van der Waals surface area (Å²) >= 11 is 0. The molecular weight excluding hydrogens is 220 g/mol. The van der Waals surface area contributed by atoms with Crippen LogP contribution in [0.4, 0.5) is 0 Å². The summed E-state index contributed by atoms with van der Waals surface area (Å²) in [6.45, 7) is 6.13. The van der Waals surface area contributed by atoms with E-state index in [-0.39, 0.29) is 5.78 Å². The maximum absolute atomic E-state index is 12.3. The lowest BCUT2D eigenvalue weighted by atomic mass is 9.95. The maximum atomic E-state index is 12.3. The van der Waals surface area contributed by atoms with Gasteiger partial charge >= 0.3 is 0 Å². The number of aryl methyl sites for hydroxylation is 3. The molecule has 0 saturated heterocycles. The summed E-state index contributed by atoms with van der Waals surface area (Å²) in [5, 5.41) is 0. The zero-order valence-electron chi connectivity index (χ0n) is 11.2. The second kappa shape index (κ2) is 5.18. The first kappa shape index (κ1) is 12.6. The Hall–Kier alpha value is -1.89. The van der Waals surface area contributed by atoms with Gasteiger partial charge in [0.15, 0.2) is 5.78 Å². The fraction of sp³-hybridized carbons (Fsp3) is 0.235. The van der Waals surface area contributed by atoms with Crippen molar-refractivity contribution in [2.45, 2.75) is 27.2 Å². The second-order valence-corrected chi connectivity index (χ2v) is 4.84. The molecule has 0 aromatic heterocycles. The highest BCUT2D eigenvalue weighted by molar-refractivity contribution is 5.97. The lowest BCUT2D eigenvalue weighted by Crippen LogP contribution is -2.06. The van der Waals surface area contributed by atoms with Crippen LogP contribution < -0.4 is 0 Å². The molecule has 0 heterocycles. The fourth-order valence-corrected chi connectivity index (χ4v) is 2.21. The highest BCUT2D eigenvalue weighted by Crippen LogP contribution is 2.16. The predicted octanol–water partition coefficient (Wildman–Crippen LogP) is 4.04. The van der Waals surface area contributed by atoms with E-state index in [9.17, 15) is 4.79 Å². The van der Waals surface area contributed by atoms with Crippen molar-refractivity contribution in [1.82, 2.24) is 0 Å². The first-order valence-corrected chi connectivity index (χ1v) is 6.23. The molecule has 1 nitrogen and oxygen atoms in total. The van der Waals surface area contributed by atoms with E-state index >= 15 is 0 Å². The maximum Gasteiger partial charge on any atom is 0.167 e. The fourth-order valence-electron chi connectivity index (χ4n) is 2.21. The first-order chi connectivity index (χ1) is 8.58. The van der Waals surface area contributed by atoms with Gasteiger partial charge in [0.1, 0.15) is 0 Å². The van der Waals surface area contributed by atoms with Gasteiger partial charge in [-0.1, -0.05) is 42.0 Å². The van der Waals surface area contributed by atoms with E-state index in [1.54, 1.807) is 0 Å². The SMILES string of the molecule is Cc1cccc(C(=O)Cc2c(C)cccc2C)c1. The number of carbonyl (C=O) groups is 1. The molecule has 92 valence electrons. The topological polar surface area (TPSA) is 17.1 Å². The lowest BCUT2D eigenvalue weighted by Gasteiger charge is -2.09. The molecule has 0 aliphatic carbocycles. The van der Waals surface area contributed by atoms with Crippen molar-refractivity contribution in [3.63, 3.8) is 0 Å². The molecule has 1 heteroatoms. The van der Waals surface area contributed by atoms with Gasteiger partial charge in [-0.3, -0.25) is 4.79 Å². The van der Waals surface area contributed by atoms with E-state index in [1.165, 1.54) is 11.1 Å². The molecule has 0 spiro atoms. The first-order valence-electron chi connectivity index (χ1n) is 6.23. The van der Waals surface area contributed by atoms with Crippen LogP contribution in [0.1, 0.15) is 32.6 Å². The van der Waals surface area contributed by atoms with Crippen LogP contribution in [0.3, 0.4) is 0 Å². The van der Waals surface area contributed by atoms with Crippen molar-refractivity contribution in [3.05, 3.63) is 70.3 Å². The molecular formula is C17H18O. The van der Waals surface area contributed by atoms with Gasteiger partial charge in [0.05, 0.1) is 0 Å². The van der Waals surface area contributed by atoms with E-state index < -0.39 is 0 Å². The molecule has 0 radical (unpaired) electrons. The Balaban J connectivity index is 2.27. The van der Waals surface area contributed by atoms with Crippen LogP contribution in [0.2, 0.25) is 0 Å². The van der Waals surface area contributed by atoms with Gasteiger partial charge in [0.25, 0.3) is 0 Å². The van der Waals surface area contributed by atoms with E-state index in [0.29, 0.717) is 6.42 Å². The normalized spacial score (nSPS) is 10.4. The third-order valence-corrected chi connectivity index (χ3v) is 3.32. The van der Waals surface area contributed by atoms with E-state index in [0.717, 1.165) is 16.7 Å². The molecule has 2 aromatic rings. The summed E-state index contributed by atoms with van der Waals surface area (Å²) in [6.07, 6.45) is 0.488. The Morgan fingerprint density at radius 1 is 0.944 bits per heavy atom. The number of benzene rings is 2. The third kappa shape index (κ3) is 2.67. The highest BCUT2D eigenvalue weighted by atomic mass is 16.1. The molecule has 2 aromatic carbocycles. The molecule has 0 atom stereocenters. The largest absolute Gasteiger partial charge is 0.294 e. The Kier molecular flexibility index (Phi) is 3.61. The smallest absolute Gasteiger partial charge is 0.167 e. The van der Waals surface area contributed by atoms with Crippen molar-refractivity contribution >= 4 is 5.78 Å². The number of ketones is 1. The second-order valence-electron chi connectivity index (χ2n) is 4.84. The summed E-state index contributed by atoms with van der Waals surface area (Å²) in [4.78, 5) is 12.3. The minimum Gasteiger partial charge on any atom is -0.294 e. The summed E-state index contributed by atoms with van der Waals surface area (Å²) in [7, 11) is 0. The Bertz CT molecular complexity index is 562. The molecule has 0 amide bonds. The van der Waals surface area contributed by atoms with Crippen LogP contribution in [-0.2, 0) is 6.42 Å². The number of rotatable bonds is 3. The van der Waals surface area contributed by atoms with Gasteiger partial charge in [-0.2, -0.15) is 0 Å². The summed E-state index contributed by atoms with van der Waals surface area (Å²) in [5.74, 6) is 0.191. The molecule has 0 unspecified atom stereocenters.